The molecule has 0 radical (unpaired) electrons. The van der Waals surface area contributed by atoms with Crippen LogP contribution in [0.1, 0.15) is 44.1 Å². The Hall–Kier alpha value is -0.860. The van der Waals surface area contributed by atoms with Gasteiger partial charge in [0, 0.05) is 11.4 Å². The summed E-state index contributed by atoms with van der Waals surface area (Å²) >= 11 is 5.96. The molecule has 0 heterocycles. The summed E-state index contributed by atoms with van der Waals surface area (Å²) in [5.74, 6) is 0.420. The molecule has 3 rings (SSSR count). The van der Waals surface area contributed by atoms with Crippen molar-refractivity contribution in [3.8, 4) is 0 Å². The van der Waals surface area contributed by atoms with Crippen molar-refractivity contribution >= 4 is 17.4 Å². The zero-order chi connectivity index (χ0) is 13.3. The fourth-order valence-electron chi connectivity index (χ4n) is 3.44. The van der Waals surface area contributed by atoms with Gasteiger partial charge >= 0.3 is 0 Å². The molecule has 1 aromatic carbocycles. The van der Waals surface area contributed by atoms with E-state index in [2.05, 4.69) is 0 Å². The van der Waals surface area contributed by atoms with Crippen LogP contribution in [0.2, 0.25) is 5.02 Å². The number of hydrogen-bond donors (Lipinski definition) is 0. The van der Waals surface area contributed by atoms with E-state index in [-0.39, 0.29) is 11.5 Å². The number of Topliss-reactive ketones (excluding diaryl/α,β-unsaturated/α-hetero) is 1. The van der Waals surface area contributed by atoms with Gasteiger partial charge in [-0.3, -0.25) is 4.79 Å². The number of ether oxygens (including phenoxy) is 1. The Morgan fingerprint density at radius 1 is 1.26 bits per heavy atom. The quantitative estimate of drug-likeness (QED) is 0.830. The van der Waals surface area contributed by atoms with Gasteiger partial charge in [0.1, 0.15) is 5.78 Å². The molecule has 0 amide bonds. The molecule has 1 atom stereocenters. The topological polar surface area (TPSA) is 26.3 Å². The lowest BCUT2D eigenvalue weighted by Crippen LogP contribution is -2.56. The average Bonchev–Trinajstić information content (AvgIpc) is 2.44. The van der Waals surface area contributed by atoms with Crippen molar-refractivity contribution in [1.29, 1.82) is 0 Å². The number of rotatable bonds is 3. The lowest BCUT2D eigenvalue weighted by atomic mass is 9.57. The summed E-state index contributed by atoms with van der Waals surface area (Å²) < 4.78 is 6.00. The summed E-state index contributed by atoms with van der Waals surface area (Å²) in [6.45, 7) is 0.556. The molecular formula is C16H19ClO2. The van der Waals surface area contributed by atoms with Crippen LogP contribution in [0, 0.1) is 5.41 Å². The molecule has 3 heteroatoms. The Morgan fingerprint density at radius 2 is 2.05 bits per heavy atom. The van der Waals surface area contributed by atoms with Crippen LogP contribution >= 0.6 is 11.6 Å². The van der Waals surface area contributed by atoms with Crippen LogP contribution in [0.5, 0.6) is 0 Å². The fraction of sp³-hybridized carbons (Fsp3) is 0.562. The van der Waals surface area contributed by atoms with E-state index in [9.17, 15) is 4.79 Å². The van der Waals surface area contributed by atoms with Crippen LogP contribution in [0.3, 0.4) is 0 Å². The maximum atomic E-state index is 12.0. The standard InChI is InChI=1S/C16H19ClO2/c17-13-6-4-5-12(9-13)11-19-15-10-14(18)16(15)7-2-1-3-8-16/h4-6,9,15H,1-3,7-8,10-11H2. The molecule has 0 aliphatic heterocycles. The molecule has 1 aromatic rings. The first kappa shape index (κ1) is 13.1. The van der Waals surface area contributed by atoms with Crippen LogP contribution in [0.4, 0.5) is 0 Å². The largest absolute Gasteiger partial charge is 0.372 e. The number of benzene rings is 1. The van der Waals surface area contributed by atoms with E-state index >= 15 is 0 Å². The molecule has 2 aliphatic carbocycles. The molecule has 0 bridgehead atoms. The first-order valence-corrected chi connectivity index (χ1v) is 7.48. The van der Waals surface area contributed by atoms with Gasteiger partial charge in [-0.05, 0) is 30.5 Å². The third-order valence-corrected chi connectivity index (χ3v) is 4.86. The van der Waals surface area contributed by atoms with Crippen LogP contribution in [0.25, 0.3) is 0 Å². The smallest absolute Gasteiger partial charge is 0.144 e. The predicted molar refractivity (Wildman–Crippen MR) is 75.2 cm³/mol. The second-order valence-corrected chi connectivity index (χ2v) is 6.21. The molecule has 1 unspecified atom stereocenters. The van der Waals surface area contributed by atoms with Gasteiger partial charge < -0.3 is 4.74 Å². The number of carbonyl (C=O) groups is 1. The van der Waals surface area contributed by atoms with Crippen LogP contribution in [0.15, 0.2) is 24.3 Å². The zero-order valence-electron chi connectivity index (χ0n) is 11.0. The van der Waals surface area contributed by atoms with Crippen molar-refractivity contribution in [3.63, 3.8) is 0 Å². The van der Waals surface area contributed by atoms with Crippen LogP contribution in [-0.2, 0) is 16.1 Å². The van der Waals surface area contributed by atoms with Crippen molar-refractivity contribution < 1.29 is 9.53 Å². The van der Waals surface area contributed by atoms with E-state index in [1.807, 2.05) is 24.3 Å². The molecule has 0 saturated heterocycles. The Kier molecular flexibility index (Phi) is 3.64. The average molecular weight is 279 g/mol. The highest BCUT2D eigenvalue weighted by molar-refractivity contribution is 6.30. The van der Waals surface area contributed by atoms with Gasteiger partial charge in [0.2, 0.25) is 0 Å². The van der Waals surface area contributed by atoms with Crippen LogP contribution < -0.4 is 0 Å². The maximum Gasteiger partial charge on any atom is 0.144 e. The number of halogens is 1. The minimum absolute atomic E-state index is 0.124. The Morgan fingerprint density at radius 3 is 2.74 bits per heavy atom. The summed E-state index contributed by atoms with van der Waals surface area (Å²) in [6.07, 6.45) is 6.36. The second-order valence-electron chi connectivity index (χ2n) is 5.77. The summed E-state index contributed by atoms with van der Waals surface area (Å²) in [7, 11) is 0. The molecule has 2 fully saturated rings. The van der Waals surface area contributed by atoms with Crippen molar-refractivity contribution in [1.82, 2.24) is 0 Å². The molecule has 0 aromatic heterocycles. The van der Waals surface area contributed by atoms with E-state index in [1.54, 1.807) is 0 Å². The zero-order valence-corrected chi connectivity index (χ0v) is 11.8. The highest BCUT2D eigenvalue weighted by Gasteiger charge is 2.55. The van der Waals surface area contributed by atoms with Gasteiger partial charge in [0.15, 0.2) is 0 Å². The van der Waals surface area contributed by atoms with Gasteiger partial charge in [0.25, 0.3) is 0 Å². The Labute approximate surface area is 119 Å². The van der Waals surface area contributed by atoms with Crippen molar-refractivity contribution in [2.24, 2.45) is 5.41 Å². The number of hydrogen-bond acceptors (Lipinski definition) is 2. The summed E-state index contributed by atoms with van der Waals surface area (Å²) in [6, 6.07) is 7.74. The second kappa shape index (κ2) is 5.26. The lowest BCUT2D eigenvalue weighted by Gasteiger charge is -2.49. The third kappa shape index (κ3) is 2.44. The van der Waals surface area contributed by atoms with Gasteiger partial charge in [-0.25, -0.2) is 0 Å². The molecular weight excluding hydrogens is 260 g/mol. The first-order valence-electron chi connectivity index (χ1n) is 7.10. The number of ketones is 1. The van der Waals surface area contributed by atoms with Gasteiger partial charge in [-0.15, -0.1) is 0 Å². The highest BCUT2D eigenvalue weighted by Crippen LogP contribution is 2.50. The van der Waals surface area contributed by atoms with Gasteiger partial charge in [-0.1, -0.05) is 43.0 Å². The van der Waals surface area contributed by atoms with Gasteiger partial charge in [-0.2, -0.15) is 0 Å². The van der Waals surface area contributed by atoms with Gasteiger partial charge in [0.05, 0.1) is 18.1 Å². The Bertz CT molecular complexity index is 477. The number of carbonyl (C=O) groups excluding carboxylic acids is 1. The summed E-state index contributed by atoms with van der Waals surface area (Å²) in [4.78, 5) is 12.0. The maximum absolute atomic E-state index is 12.0. The lowest BCUT2D eigenvalue weighted by molar-refractivity contribution is -0.171. The minimum Gasteiger partial charge on any atom is -0.372 e. The third-order valence-electron chi connectivity index (χ3n) is 4.63. The van der Waals surface area contributed by atoms with E-state index in [0.717, 1.165) is 23.4 Å². The normalized spacial score (nSPS) is 25.3. The van der Waals surface area contributed by atoms with Crippen molar-refractivity contribution in [3.05, 3.63) is 34.9 Å². The van der Waals surface area contributed by atoms with Crippen LogP contribution in [-0.4, -0.2) is 11.9 Å². The molecule has 102 valence electrons. The van der Waals surface area contributed by atoms with E-state index < -0.39 is 0 Å². The summed E-state index contributed by atoms with van der Waals surface area (Å²) in [5.41, 5.74) is 0.939. The molecule has 2 nitrogen and oxygen atoms in total. The highest BCUT2D eigenvalue weighted by atomic mass is 35.5. The Balaban J connectivity index is 1.63. The monoisotopic (exact) mass is 278 g/mol. The predicted octanol–water partition coefficient (Wildman–Crippen LogP) is 4.15. The van der Waals surface area contributed by atoms with Crippen molar-refractivity contribution in [2.75, 3.05) is 0 Å². The molecule has 2 saturated carbocycles. The SMILES string of the molecule is O=C1CC(OCc2cccc(Cl)c2)C12CCCCC2. The van der Waals surface area contributed by atoms with Crippen molar-refractivity contribution in [2.45, 2.75) is 51.2 Å². The van der Waals surface area contributed by atoms with E-state index in [0.29, 0.717) is 18.8 Å². The molecule has 0 N–H and O–H groups in total. The minimum atomic E-state index is -0.142. The van der Waals surface area contributed by atoms with E-state index in [1.165, 1.54) is 19.3 Å². The fourth-order valence-corrected chi connectivity index (χ4v) is 3.65. The summed E-state index contributed by atoms with van der Waals surface area (Å²) in [5, 5.41) is 0.734. The van der Waals surface area contributed by atoms with E-state index in [4.69, 9.17) is 16.3 Å². The molecule has 19 heavy (non-hydrogen) atoms. The first-order chi connectivity index (χ1) is 9.21. The molecule has 2 aliphatic rings. The molecule has 1 spiro atoms.